The van der Waals surface area contributed by atoms with Gasteiger partial charge in [-0.05, 0) is 50.5 Å². The van der Waals surface area contributed by atoms with Gasteiger partial charge in [-0.3, -0.25) is 4.79 Å². The van der Waals surface area contributed by atoms with E-state index in [1.165, 1.54) is 11.8 Å². The van der Waals surface area contributed by atoms with Crippen LogP contribution in [0, 0.1) is 25.2 Å². The minimum atomic E-state index is -0.153. The molecule has 0 radical (unpaired) electrons. The Bertz CT molecular complexity index is 1100. The van der Waals surface area contributed by atoms with E-state index in [4.69, 9.17) is 5.10 Å². The van der Waals surface area contributed by atoms with Gasteiger partial charge in [0.2, 0.25) is 5.91 Å². The first-order chi connectivity index (χ1) is 14.0. The first-order valence-electron chi connectivity index (χ1n) is 9.51. The van der Waals surface area contributed by atoms with Crippen LogP contribution in [0.1, 0.15) is 41.3 Å². The third-order valence-electron chi connectivity index (χ3n) is 4.76. The first kappa shape index (κ1) is 19.2. The van der Waals surface area contributed by atoms with Crippen molar-refractivity contribution in [3.05, 3.63) is 65.0 Å². The average Bonchev–Trinajstić information content (AvgIpc) is 3.47. The number of amides is 1. The lowest BCUT2D eigenvalue weighted by Crippen LogP contribution is -2.17. The number of hydrogen-bond donors (Lipinski definition) is 1. The van der Waals surface area contributed by atoms with Crippen LogP contribution < -0.4 is 5.32 Å². The molecule has 3 aromatic rings. The summed E-state index contributed by atoms with van der Waals surface area (Å²) in [5.74, 6) is 1.17. The lowest BCUT2D eigenvalue weighted by atomic mass is 10.1. The minimum Gasteiger partial charge on any atom is -0.310 e. The van der Waals surface area contributed by atoms with Crippen LogP contribution in [-0.2, 0) is 4.79 Å². The van der Waals surface area contributed by atoms with Gasteiger partial charge in [0.15, 0.2) is 0 Å². The van der Waals surface area contributed by atoms with Crippen LogP contribution in [0.25, 0.3) is 5.69 Å². The van der Waals surface area contributed by atoms with E-state index in [9.17, 15) is 10.1 Å². The third kappa shape index (κ3) is 4.33. The predicted octanol–water partition coefficient (Wildman–Crippen LogP) is 4.36. The number of carbonyl (C=O) groups is 1. The number of rotatable bonds is 6. The molecule has 6 nitrogen and oxygen atoms in total. The van der Waals surface area contributed by atoms with E-state index in [0.29, 0.717) is 22.3 Å². The number of hydrogen-bond acceptors (Lipinski definition) is 5. The molecule has 2 aromatic heterocycles. The molecular formula is C22H21N5OS. The molecule has 0 unspecified atom stereocenters. The molecule has 1 aromatic carbocycles. The van der Waals surface area contributed by atoms with Crippen molar-refractivity contribution in [2.24, 2.45) is 0 Å². The van der Waals surface area contributed by atoms with E-state index in [1.54, 1.807) is 4.68 Å². The summed E-state index contributed by atoms with van der Waals surface area (Å²) in [6.45, 7) is 3.77. The largest absolute Gasteiger partial charge is 0.310 e. The number of pyridine rings is 1. The maximum Gasteiger partial charge on any atom is 0.235 e. The Kier molecular flexibility index (Phi) is 5.36. The van der Waals surface area contributed by atoms with E-state index in [-0.39, 0.29) is 11.7 Å². The monoisotopic (exact) mass is 403 g/mol. The van der Waals surface area contributed by atoms with E-state index in [0.717, 1.165) is 35.5 Å². The van der Waals surface area contributed by atoms with Crippen LogP contribution in [0.15, 0.2) is 47.5 Å². The molecule has 29 heavy (non-hydrogen) atoms. The van der Waals surface area contributed by atoms with Gasteiger partial charge in [-0.1, -0.05) is 30.0 Å². The highest BCUT2D eigenvalue weighted by Crippen LogP contribution is 2.40. The summed E-state index contributed by atoms with van der Waals surface area (Å²) in [5, 5.41) is 17.7. The molecule has 7 heteroatoms. The average molecular weight is 404 g/mol. The number of nitrogens with one attached hydrogen (secondary N) is 1. The molecule has 2 heterocycles. The molecule has 0 saturated heterocycles. The molecule has 1 N–H and O–H groups in total. The summed E-state index contributed by atoms with van der Waals surface area (Å²) >= 11 is 1.28. The second-order valence-corrected chi connectivity index (χ2v) is 8.15. The first-order valence-corrected chi connectivity index (χ1v) is 10.5. The summed E-state index contributed by atoms with van der Waals surface area (Å²) < 4.78 is 1.78. The van der Waals surface area contributed by atoms with Gasteiger partial charge in [0.1, 0.15) is 16.9 Å². The molecule has 0 bridgehead atoms. The lowest BCUT2D eigenvalue weighted by molar-refractivity contribution is -0.113. The number of carbonyl (C=O) groups excluding carboxylic acids is 1. The summed E-state index contributed by atoms with van der Waals surface area (Å²) in [5.41, 5.74) is 4.16. The molecule has 0 atom stereocenters. The van der Waals surface area contributed by atoms with E-state index < -0.39 is 0 Å². The minimum absolute atomic E-state index is 0.153. The summed E-state index contributed by atoms with van der Waals surface area (Å²) in [6.07, 6.45) is 2.29. The molecule has 146 valence electrons. The van der Waals surface area contributed by atoms with Gasteiger partial charge < -0.3 is 5.32 Å². The van der Waals surface area contributed by atoms with Crippen molar-refractivity contribution in [1.29, 1.82) is 5.26 Å². The zero-order chi connectivity index (χ0) is 20.4. The number of nitrogens with zero attached hydrogens (tertiary/aromatic N) is 4. The Labute approximate surface area is 174 Å². The zero-order valence-corrected chi connectivity index (χ0v) is 17.2. The van der Waals surface area contributed by atoms with Crippen molar-refractivity contribution in [1.82, 2.24) is 14.8 Å². The molecule has 0 spiro atoms. The number of thioether (sulfide) groups is 1. The highest BCUT2D eigenvalue weighted by atomic mass is 32.2. The fourth-order valence-corrected chi connectivity index (χ4v) is 4.09. The van der Waals surface area contributed by atoms with Crippen molar-refractivity contribution in [3.63, 3.8) is 0 Å². The molecule has 1 amide bonds. The number of benzene rings is 1. The molecule has 0 aliphatic heterocycles. The number of nitriles is 1. The maximum atomic E-state index is 12.6. The molecule has 1 aliphatic carbocycles. The second kappa shape index (κ2) is 8.10. The van der Waals surface area contributed by atoms with Crippen LogP contribution in [-0.4, -0.2) is 26.4 Å². The Balaban J connectivity index is 1.51. The van der Waals surface area contributed by atoms with E-state index in [2.05, 4.69) is 16.4 Å². The van der Waals surface area contributed by atoms with Gasteiger partial charge in [0.25, 0.3) is 0 Å². The number of aromatic nitrogens is 3. The van der Waals surface area contributed by atoms with Crippen molar-refractivity contribution in [2.45, 2.75) is 37.6 Å². The summed E-state index contributed by atoms with van der Waals surface area (Å²) in [6, 6.07) is 15.8. The fourth-order valence-electron chi connectivity index (χ4n) is 3.19. The Morgan fingerprint density at radius 1 is 1.28 bits per heavy atom. The Morgan fingerprint density at radius 3 is 2.72 bits per heavy atom. The van der Waals surface area contributed by atoms with Crippen molar-refractivity contribution >= 4 is 23.5 Å². The topological polar surface area (TPSA) is 83.6 Å². The molecule has 1 fully saturated rings. The van der Waals surface area contributed by atoms with Gasteiger partial charge in [-0.2, -0.15) is 10.4 Å². The standard InChI is InChI=1S/C22H21N5OS/c1-14-10-15(2)24-22(18(14)12-23)29-13-21(28)25-20-11-19(16-8-9-16)26-27(20)17-6-4-3-5-7-17/h3-7,10-11,16H,8-9,13H2,1-2H3,(H,25,28). The number of aryl methyl sites for hydroxylation is 2. The summed E-state index contributed by atoms with van der Waals surface area (Å²) in [4.78, 5) is 17.1. The zero-order valence-electron chi connectivity index (χ0n) is 16.3. The highest BCUT2D eigenvalue weighted by Gasteiger charge is 2.28. The van der Waals surface area contributed by atoms with Crippen molar-refractivity contribution < 1.29 is 4.79 Å². The lowest BCUT2D eigenvalue weighted by Gasteiger charge is -2.10. The van der Waals surface area contributed by atoms with Crippen molar-refractivity contribution in [3.8, 4) is 11.8 Å². The molecule has 1 saturated carbocycles. The molecule has 4 rings (SSSR count). The van der Waals surface area contributed by atoms with Gasteiger partial charge in [0, 0.05) is 17.7 Å². The smallest absolute Gasteiger partial charge is 0.235 e. The quantitative estimate of drug-likeness (QED) is 0.618. The highest BCUT2D eigenvalue weighted by molar-refractivity contribution is 8.00. The molecule has 1 aliphatic rings. The fraction of sp³-hybridized carbons (Fsp3) is 0.273. The van der Waals surface area contributed by atoms with Gasteiger partial charge >= 0.3 is 0 Å². The normalized spacial score (nSPS) is 13.1. The Hall–Kier alpha value is -3.11. The van der Waals surface area contributed by atoms with Crippen molar-refractivity contribution in [2.75, 3.05) is 11.1 Å². The van der Waals surface area contributed by atoms with E-state index in [1.807, 2.05) is 56.3 Å². The van der Waals surface area contributed by atoms with Gasteiger partial charge in [0.05, 0.1) is 22.7 Å². The van der Waals surface area contributed by atoms with Gasteiger partial charge in [-0.25, -0.2) is 9.67 Å². The maximum absolute atomic E-state index is 12.6. The van der Waals surface area contributed by atoms with Crippen LogP contribution >= 0.6 is 11.8 Å². The Morgan fingerprint density at radius 2 is 2.03 bits per heavy atom. The van der Waals surface area contributed by atoms with Crippen LogP contribution in [0.4, 0.5) is 5.82 Å². The predicted molar refractivity (Wildman–Crippen MR) is 113 cm³/mol. The van der Waals surface area contributed by atoms with Crippen LogP contribution in [0.2, 0.25) is 0 Å². The number of anilines is 1. The SMILES string of the molecule is Cc1cc(C)c(C#N)c(SCC(=O)Nc2cc(C3CC3)nn2-c2ccccc2)n1. The molecular weight excluding hydrogens is 382 g/mol. The van der Waals surface area contributed by atoms with Gasteiger partial charge in [-0.15, -0.1) is 0 Å². The summed E-state index contributed by atoms with van der Waals surface area (Å²) in [7, 11) is 0. The van der Waals surface area contributed by atoms with Crippen LogP contribution in [0.5, 0.6) is 0 Å². The van der Waals surface area contributed by atoms with Crippen LogP contribution in [0.3, 0.4) is 0 Å². The second-order valence-electron chi connectivity index (χ2n) is 7.19. The van der Waals surface area contributed by atoms with E-state index >= 15 is 0 Å². The third-order valence-corrected chi connectivity index (χ3v) is 5.73. The number of para-hydroxylation sites is 1.